The molecule has 0 bridgehead atoms. The van der Waals surface area contributed by atoms with Crippen LogP contribution < -0.4 is 10.6 Å². The molecule has 2 N–H and O–H groups in total. The lowest BCUT2D eigenvalue weighted by atomic mass is 10.4. The van der Waals surface area contributed by atoms with Gasteiger partial charge in [-0.05, 0) is 6.92 Å². The van der Waals surface area contributed by atoms with E-state index in [2.05, 4.69) is 25.7 Å². The Bertz CT molecular complexity index is 592. The van der Waals surface area contributed by atoms with E-state index in [0.29, 0.717) is 12.2 Å². The Labute approximate surface area is 113 Å². The first-order valence-corrected chi connectivity index (χ1v) is 5.84. The van der Waals surface area contributed by atoms with Crippen LogP contribution in [0.15, 0.2) is 18.5 Å². The number of hydrogen-bond acceptors (Lipinski definition) is 5. The summed E-state index contributed by atoms with van der Waals surface area (Å²) in [5.41, 5.74) is 0.543. The fraction of sp³-hybridized carbons (Fsp3) is 0.364. The second-order valence-electron chi connectivity index (χ2n) is 4.02. The molecule has 2 rings (SSSR count). The van der Waals surface area contributed by atoms with Gasteiger partial charge in [0.05, 0.1) is 11.9 Å². The highest BCUT2D eigenvalue weighted by molar-refractivity contribution is 5.57. The van der Waals surface area contributed by atoms with Gasteiger partial charge in [-0.15, -0.1) is 0 Å². The number of nitrogens with one attached hydrogen (secondary N) is 2. The Morgan fingerprint density at radius 1 is 1.25 bits per heavy atom. The van der Waals surface area contributed by atoms with Gasteiger partial charge in [-0.25, -0.2) is 9.97 Å². The summed E-state index contributed by atoms with van der Waals surface area (Å²) in [7, 11) is 1.70. The molecule has 0 amide bonds. The average Bonchev–Trinajstić information content (AvgIpc) is 2.74. The zero-order valence-corrected chi connectivity index (χ0v) is 10.9. The maximum absolute atomic E-state index is 12.7. The summed E-state index contributed by atoms with van der Waals surface area (Å²) in [4.78, 5) is 6.90. The van der Waals surface area contributed by atoms with E-state index in [0.717, 1.165) is 0 Å². The number of aryl methyl sites for hydroxylation is 1. The summed E-state index contributed by atoms with van der Waals surface area (Å²) >= 11 is 0. The lowest BCUT2D eigenvalue weighted by Crippen LogP contribution is -2.14. The maximum Gasteiger partial charge on any atom is 0.451 e. The minimum absolute atomic E-state index is 0.0521. The van der Waals surface area contributed by atoms with Gasteiger partial charge >= 0.3 is 6.18 Å². The second kappa shape index (κ2) is 5.35. The van der Waals surface area contributed by atoms with E-state index in [1.807, 2.05) is 0 Å². The van der Waals surface area contributed by atoms with Crippen molar-refractivity contribution in [1.82, 2.24) is 19.7 Å². The summed E-state index contributed by atoms with van der Waals surface area (Å²) < 4.78 is 39.7. The van der Waals surface area contributed by atoms with Gasteiger partial charge in [0.2, 0.25) is 5.82 Å². The van der Waals surface area contributed by atoms with Crippen LogP contribution in [0.1, 0.15) is 12.7 Å². The van der Waals surface area contributed by atoms with Crippen LogP contribution in [0.2, 0.25) is 0 Å². The zero-order chi connectivity index (χ0) is 14.8. The molecule has 9 heteroatoms. The molecule has 0 radical (unpaired) electrons. The van der Waals surface area contributed by atoms with Crippen molar-refractivity contribution in [2.75, 3.05) is 17.2 Å². The van der Waals surface area contributed by atoms with Gasteiger partial charge in [0, 0.05) is 25.9 Å². The SMILES string of the molecule is CCNc1cc(Nc2cnn(C)c2)nc(C(F)(F)F)n1. The third-order valence-electron chi connectivity index (χ3n) is 2.31. The topological polar surface area (TPSA) is 67.7 Å². The van der Waals surface area contributed by atoms with Gasteiger partial charge in [-0.1, -0.05) is 0 Å². The van der Waals surface area contributed by atoms with Crippen LogP contribution in [0.3, 0.4) is 0 Å². The standard InChI is InChI=1S/C11H13F3N6/c1-3-15-8-4-9(17-7-5-16-20(2)6-7)19-10(18-8)11(12,13)14/h4-6H,3H2,1-2H3,(H2,15,17,18,19). The first kappa shape index (κ1) is 14.1. The fourth-order valence-electron chi connectivity index (χ4n) is 1.54. The van der Waals surface area contributed by atoms with Crippen molar-refractivity contribution in [2.45, 2.75) is 13.1 Å². The van der Waals surface area contributed by atoms with Crippen molar-refractivity contribution in [3.8, 4) is 0 Å². The first-order valence-electron chi connectivity index (χ1n) is 5.84. The van der Waals surface area contributed by atoms with E-state index in [-0.39, 0.29) is 11.6 Å². The second-order valence-corrected chi connectivity index (χ2v) is 4.02. The normalized spacial score (nSPS) is 11.4. The number of halogens is 3. The van der Waals surface area contributed by atoms with Crippen LogP contribution >= 0.6 is 0 Å². The highest BCUT2D eigenvalue weighted by Crippen LogP contribution is 2.29. The summed E-state index contributed by atoms with van der Waals surface area (Å²) in [6, 6.07) is 1.41. The van der Waals surface area contributed by atoms with Gasteiger partial charge in [-0.2, -0.15) is 18.3 Å². The number of hydrogen-bond donors (Lipinski definition) is 2. The number of rotatable bonds is 4. The first-order chi connectivity index (χ1) is 9.38. The molecule has 0 fully saturated rings. The number of aromatic nitrogens is 4. The van der Waals surface area contributed by atoms with E-state index in [1.165, 1.54) is 16.9 Å². The summed E-state index contributed by atoms with van der Waals surface area (Å²) in [5.74, 6) is -1.03. The third kappa shape index (κ3) is 3.37. The molecule has 0 aliphatic heterocycles. The lowest BCUT2D eigenvalue weighted by molar-refractivity contribution is -0.144. The molecule has 0 aromatic carbocycles. The molecule has 0 saturated heterocycles. The molecule has 2 aromatic rings. The molecular weight excluding hydrogens is 273 g/mol. The van der Waals surface area contributed by atoms with Gasteiger partial charge < -0.3 is 10.6 Å². The van der Waals surface area contributed by atoms with Gasteiger partial charge in [-0.3, -0.25) is 4.68 Å². The fourth-order valence-corrected chi connectivity index (χ4v) is 1.54. The van der Waals surface area contributed by atoms with Crippen molar-refractivity contribution in [3.05, 3.63) is 24.3 Å². The largest absolute Gasteiger partial charge is 0.451 e. The molecule has 0 spiro atoms. The van der Waals surface area contributed by atoms with Crippen molar-refractivity contribution in [2.24, 2.45) is 7.05 Å². The van der Waals surface area contributed by atoms with Crippen LogP contribution in [0.5, 0.6) is 0 Å². The van der Waals surface area contributed by atoms with E-state index < -0.39 is 12.0 Å². The predicted molar refractivity (Wildman–Crippen MR) is 67.7 cm³/mol. The Hall–Kier alpha value is -2.32. The molecule has 0 unspecified atom stereocenters. The van der Waals surface area contributed by atoms with E-state index >= 15 is 0 Å². The molecule has 0 atom stereocenters. The van der Waals surface area contributed by atoms with Crippen LogP contribution in [0.4, 0.5) is 30.5 Å². The number of alkyl halides is 3. The average molecular weight is 286 g/mol. The van der Waals surface area contributed by atoms with Crippen molar-refractivity contribution >= 4 is 17.3 Å². The molecule has 0 saturated carbocycles. The highest BCUT2D eigenvalue weighted by atomic mass is 19.4. The zero-order valence-electron chi connectivity index (χ0n) is 10.9. The van der Waals surface area contributed by atoms with Crippen LogP contribution in [-0.4, -0.2) is 26.3 Å². The Kier molecular flexibility index (Phi) is 3.77. The van der Waals surface area contributed by atoms with Crippen molar-refractivity contribution in [1.29, 1.82) is 0 Å². The molecule has 2 heterocycles. The predicted octanol–water partition coefficient (Wildman–Crippen LogP) is 2.40. The van der Waals surface area contributed by atoms with E-state index in [1.54, 1.807) is 20.2 Å². The Morgan fingerprint density at radius 2 is 1.95 bits per heavy atom. The molecular formula is C11H13F3N6. The lowest BCUT2D eigenvalue weighted by Gasteiger charge is -2.11. The summed E-state index contributed by atoms with van der Waals surface area (Å²) in [6.45, 7) is 2.23. The quantitative estimate of drug-likeness (QED) is 0.903. The molecule has 20 heavy (non-hydrogen) atoms. The van der Waals surface area contributed by atoms with E-state index in [4.69, 9.17) is 0 Å². The third-order valence-corrected chi connectivity index (χ3v) is 2.31. The molecule has 108 valence electrons. The highest BCUT2D eigenvalue weighted by Gasteiger charge is 2.35. The van der Waals surface area contributed by atoms with Crippen LogP contribution in [0, 0.1) is 0 Å². The Balaban J connectivity index is 2.33. The Morgan fingerprint density at radius 3 is 2.50 bits per heavy atom. The monoisotopic (exact) mass is 286 g/mol. The smallest absolute Gasteiger partial charge is 0.370 e. The molecule has 0 aliphatic rings. The van der Waals surface area contributed by atoms with E-state index in [9.17, 15) is 13.2 Å². The van der Waals surface area contributed by atoms with Gasteiger partial charge in [0.25, 0.3) is 0 Å². The van der Waals surface area contributed by atoms with Crippen LogP contribution in [-0.2, 0) is 13.2 Å². The van der Waals surface area contributed by atoms with Crippen molar-refractivity contribution < 1.29 is 13.2 Å². The summed E-state index contributed by atoms with van der Waals surface area (Å²) in [6.07, 6.45) is -1.48. The maximum atomic E-state index is 12.7. The minimum Gasteiger partial charge on any atom is -0.370 e. The number of anilines is 3. The molecule has 0 aliphatic carbocycles. The number of nitrogens with zero attached hydrogens (tertiary/aromatic N) is 4. The van der Waals surface area contributed by atoms with Crippen molar-refractivity contribution in [3.63, 3.8) is 0 Å². The minimum atomic E-state index is -4.60. The van der Waals surface area contributed by atoms with Gasteiger partial charge in [0.15, 0.2) is 0 Å². The molecule has 2 aromatic heterocycles. The van der Waals surface area contributed by atoms with Gasteiger partial charge in [0.1, 0.15) is 11.6 Å². The van der Waals surface area contributed by atoms with Crippen LogP contribution in [0.25, 0.3) is 0 Å². The molecule has 6 nitrogen and oxygen atoms in total. The summed E-state index contributed by atoms with van der Waals surface area (Å²) in [5, 5.41) is 9.42.